The van der Waals surface area contributed by atoms with Crippen molar-refractivity contribution in [2.75, 3.05) is 18.0 Å². The Morgan fingerprint density at radius 3 is 2.68 bits per heavy atom. The quantitative estimate of drug-likeness (QED) is 0.726. The number of para-hydroxylation sites is 2. The molecular weight excluding hydrogens is 356 g/mol. The summed E-state index contributed by atoms with van der Waals surface area (Å²) < 4.78 is 2.65. The summed E-state index contributed by atoms with van der Waals surface area (Å²) in [6, 6.07) is 9.65. The molecule has 3 heterocycles. The topological polar surface area (TPSA) is 85.0 Å². The van der Waals surface area contributed by atoms with E-state index in [1.165, 1.54) is 17.7 Å². The van der Waals surface area contributed by atoms with Gasteiger partial charge in [0.1, 0.15) is 5.82 Å². The van der Waals surface area contributed by atoms with Crippen LogP contribution in [0, 0.1) is 0 Å². The first-order valence-corrected chi connectivity index (χ1v) is 9.44. The average Bonchev–Trinajstić information content (AvgIpc) is 3.16. The summed E-state index contributed by atoms with van der Waals surface area (Å²) >= 11 is 0. The van der Waals surface area contributed by atoms with Gasteiger partial charge < -0.3 is 10.2 Å². The van der Waals surface area contributed by atoms with Gasteiger partial charge in [0, 0.05) is 45.3 Å². The molecule has 2 atom stereocenters. The van der Waals surface area contributed by atoms with Crippen LogP contribution in [0.1, 0.15) is 25.1 Å². The van der Waals surface area contributed by atoms with E-state index < -0.39 is 0 Å². The van der Waals surface area contributed by atoms with Gasteiger partial charge in [0.25, 0.3) is 5.56 Å². The lowest BCUT2D eigenvalue weighted by Crippen LogP contribution is -2.41. The number of aromatic nitrogens is 4. The van der Waals surface area contributed by atoms with Crippen molar-refractivity contribution >= 4 is 16.9 Å². The fourth-order valence-electron chi connectivity index (χ4n) is 3.75. The molecule has 1 saturated heterocycles. The number of hydrogen-bond acceptors (Lipinski definition) is 6. The summed E-state index contributed by atoms with van der Waals surface area (Å²) in [6.07, 6.45) is 2.74. The van der Waals surface area contributed by atoms with Crippen LogP contribution in [0.4, 0.5) is 5.82 Å². The molecule has 4 rings (SSSR count). The molecule has 2 aromatic heterocycles. The van der Waals surface area contributed by atoms with Crippen molar-refractivity contribution in [2.45, 2.75) is 25.4 Å². The maximum Gasteiger partial charge on any atom is 0.332 e. The van der Waals surface area contributed by atoms with E-state index in [4.69, 9.17) is 4.98 Å². The highest BCUT2D eigenvalue weighted by Crippen LogP contribution is 2.20. The van der Waals surface area contributed by atoms with Gasteiger partial charge in [-0.15, -0.1) is 0 Å². The predicted molar refractivity (Wildman–Crippen MR) is 109 cm³/mol. The second-order valence-corrected chi connectivity index (χ2v) is 7.34. The third-order valence-electron chi connectivity index (χ3n) is 5.41. The molecule has 1 aliphatic rings. The Morgan fingerprint density at radius 2 is 1.89 bits per heavy atom. The summed E-state index contributed by atoms with van der Waals surface area (Å²) in [4.78, 5) is 35.5. The monoisotopic (exact) mass is 380 g/mol. The fraction of sp³-hybridized carbons (Fsp3) is 0.400. The van der Waals surface area contributed by atoms with E-state index in [1.807, 2.05) is 30.5 Å². The van der Waals surface area contributed by atoms with Crippen LogP contribution in [0.5, 0.6) is 0 Å². The zero-order valence-corrected chi connectivity index (χ0v) is 16.3. The highest BCUT2D eigenvalue weighted by atomic mass is 16.2. The average molecular weight is 380 g/mol. The van der Waals surface area contributed by atoms with Crippen molar-refractivity contribution in [3.8, 4) is 0 Å². The Morgan fingerprint density at radius 1 is 1.14 bits per heavy atom. The first-order chi connectivity index (χ1) is 13.4. The molecule has 146 valence electrons. The van der Waals surface area contributed by atoms with Crippen LogP contribution >= 0.6 is 0 Å². The molecule has 0 saturated carbocycles. The van der Waals surface area contributed by atoms with Crippen molar-refractivity contribution in [2.24, 2.45) is 14.1 Å². The normalized spacial score (nSPS) is 18.0. The number of benzene rings is 1. The predicted octanol–water partition coefficient (Wildman–Crippen LogP) is 0.957. The summed E-state index contributed by atoms with van der Waals surface area (Å²) in [5, 5.41) is 3.60. The molecule has 3 aromatic rings. The van der Waals surface area contributed by atoms with Crippen LogP contribution in [0.15, 0.2) is 46.1 Å². The van der Waals surface area contributed by atoms with E-state index in [2.05, 4.69) is 22.1 Å². The van der Waals surface area contributed by atoms with Crippen LogP contribution in [-0.2, 0) is 14.1 Å². The molecule has 1 aliphatic heterocycles. The molecule has 1 N–H and O–H groups in total. The molecule has 1 fully saturated rings. The van der Waals surface area contributed by atoms with Gasteiger partial charge in [0.05, 0.1) is 22.9 Å². The van der Waals surface area contributed by atoms with E-state index >= 15 is 0 Å². The van der Waals surface area contributed by atoms with Crippen LogP contribution in [0.2, 0.25) is 0 Å². The molecular formula is C20H24N6O2. The van der Waals surface area contributed by atoms with Crippen molar-refractivity contribution in [1.29, 1.82) is 0 Å². The summed E-state index contributed by atoms with van der Waals surface area (Å²) in [5.41, 5.74) is 2.08. The highest BCUT2D eigenvalue weighted by molar-refractivity contribution is 5.73. The van der Waals surface area contributed by atoms with Gasteiger partial charge >= 0.3 is 5.69 Å². The second kappa shape index (κ2) is 7.20. The first kappa shape index (κ1) is 18.4. The minimum absolute atomic E-state index is 0.0505. The summed E-state index contributed by atoms with van der Waals surface area (Å²) in [7, 11) is 3.19. The first-order valence-electron chi connectivity index (χ1n) is 9.44. The number of nitrogens with one attached hydrogen (secondary N) is 1. The third kappa shape index (κ3) is 3.31. The van der Waals surface area contributed by atoms with Gasteiger partial charge in [-0.05, 0) is 25.5 Å². The van der Waals surface area contributed by atoms with Crippen molar-refractivity contribution in [3.05, 3.63) is 63.1 Å². The Balaban J connectivity index is 1.49. The Bertz CT molecular complexity index is 1140. The molecule has 1 aromatic carbocycles. The minimum Gasteiger partial charge on any atom is -0.356 e. The minimum atomic E-state index is -0.307. The molecule has 0 spiro atoms. The highest BCUT2D eigenvalue weighted by Gasteiger charge is 2.26. The molecule has 8 heteroatoms. The third-order valence-corrected chi connectivity index (χ3v) is 5.41. The van der Waals surface area contributed by atoms with Gasteiger partial charge in [0.2, 0.25) is 0 Å². The summed E-state index contributed by atoms with van der Waals surface area (Å²) in [6.45, 7) is 3.59. The molecule has 0 aliphatic carbocycles. The van der Waals surface area contributed by atoms with Crippen LogP contribution in [0.25, 0.3) is 11.0 Å². The van der Waals surface area contributed by atoms with Crippen molar-refractivity contribution in [3.63, 3.8) is 0 Å². The standard InChI is InChI=1S/C20H24N6O2/c1-13(17-11-21-15-6-4-5-7-16(15)23-17)22-14-8-9-26(12-14)18-10-19(27)25(3)20(28)24(18)2/h4-7,10-11,13-14,22H,8-9,12H2,1-3H3/t13?,14-/m1/s1. The van der Waals surface area contributed by atoms with Gasteiger partial charge in [-0.25, -0.2) is 9.78 Å². The van der Waals surface area contributed by atoms with Gasteiger partial charge in [-0.2, -0.15) is 0 Å². The Hall–Kier alpha value is -3.00. The fourth-order valence-corrected chi connectivity index (χ4v) is 3.75. The van der Waals surface area contributed by atoms with E-state index in [0.29, 0.717) is 5.82 Å². The lowest BCUT2D eigenvalue weighted by atomic mass is 10.2. The van der Waals surface area contributed by atoms with E-state index in [1.54, 1.807) is 7.05 Å². The van der Waals surface area contributed by atoms with E-state index in [9.17, 15) is 9.59 Å². The molecule has 0 radical (unpaired) electrons. The Kier molecular flexibility index (Phi) is 4.72. The van der Waals surface area contributed by atoms with Gasteiger partial charge in [-0.1, -0.05) is 12.1 Å². The molecule has 28 heavy (non-hydrogen) atoms. The number of fused-ring (bicyclic) bond motifs is 1. The largest absolute Gasteiger partial charge is 0.356 e. The number of nitrogens with zero attached hydrogens (tertiary/aromatic N) is 5. The maximum absolute atomic E-state index is 12.2. The number of anilines is 1. The number of hydrogen-bond donors (Lipinski definition) is 1. The van der Waals surface area contributed by atoms with Crippen molar-refractivity contribution in [1.82, 2.24) is 24.4 Å². The molecule has 1 unspecified atom stereocenters. The zero-order chi connectivity index (χ0) is 19.8. The maximum atomic E-state index is 12.2. The van der Waals surface area contributed by atoms with Crippen molar-refractivity contribution < 1.29 is 0 Å². The van der Waals surface area contributed by atoms with Crippen LogP contribution in [0.3, 0.4) is 0 Å². The lowest BCUT2D eigenvalue weighted by Gasteiger charge is -2.23. The lowest BCUT2D eigenvalue weighted by molar-refractivity contribution is 0.473. The second-order valence-electron chi connectivity index (χ2n) is 7.34. The van der Waals surface area contributed by atoms with E-state index in [0.717, 1.165) is 40.8 Å². The Labute approximate surface area is 162 Å². The molecule has 0 bridgehead atoms. The van der Waals surface area contributed by atoms with Gasteiger partial charge in [-0.3, -0.25) is 18.9 Å². The zero-order valence-electron chi connectivity index (χ0n) is 16.3. The number of rotatable bonds is 4. The summed E-state index contributed by atoms with van der Waals surface area (Å²) in [5.74, 6) is 0.663. The molecule has 0 amide bonds. The smallest absolute Gasteiger partial charge is 0.332 e. The van der Waals surface area contributed by atoms with Crippen LogP contribution in [-0.4, -0.2) is 38.2 Å². The van der Waals surface area contributed by atoms with Gasteiger partial charge in [0.15, 0.2) is 0 Å². The van der Waals surface area contributed by atoms with Crippen LogP contribution < -0.4 is 21.5 Å². The molecule has 8 nitrogen and oxygen atoms in total. The SMILES string of the molecule is CC(N[C@@H]1CCN(c2cc(=O)n(C)c(=O)n2C)C1)c1cnc2ccccc2n1. The van der Waals surface area contributed by atoms with E-state index in [-0.39, 0.29) is 23.3 Å².